The van der Waals surface area contributed by atoms with E-state index in [-0.39, 0.29) is 37.3 Å². The molecule has 0 unspecified atom stereocenters. The van der Waals surface area contributed by atoms with Crippen molar-refractivity contribution in [2.75, 3.05) is 17.2 Å². The molecule has 0 bridgehead atoms. The second kappa shape index (κ2) is 11.2. The molecule has 4 rings (SSSR count). The second-order valence-electron chi connectivity index (χ2n) is 7.14. The maximum Gasteiger partial charge on any atom is 0.266 e. The predicted octanol–water partition coefficient (Wildman–Crippen LogP) is 1.45. The summed E-state index contributed by atoms with van der Waals surface area (Å²) in [6.07, 6.45) is 0.721. The number of hydrogen-bond donors (Lipinski definition) is 4. The number of carbonyl (C=O) groups excluding carboxylic acids is 1. The number of nitrogens with one attached hydrogen (secondary N) is 1. The smallest absolute Gasteiger partial charge is 0.266 e. The number of aliphatic hydroxyl groups excluding tert-OH is 1. The fraction of sp³-hybridized carbons (Fsp3) is 0.429. The van der Waals surface area contributed by atoms with E-state index in [1.54, 1.807) is 16.7 Å². The first-order valence-electron chi connectivity index (χ1n) is 10.4. The summed E-state index contributed by atoms with van der Waals surface area (Å²) in [5, 5.41) is 10.4. The van der Waals surface area contributed by atoms with Gasteiger partial charge in [-0.05, 0) is 18.6 Å². The number of rotatable bonds is 6. The Balaban J connectivity index is 0.00000133. The molecule has 2 aromatic heterocycles. The van der Waals surface area contributed by atoms with Crippen molar-refractivity contribution in [3.63, 3.8) is 0 Å². The van der Waals surface area contributed by atoms with Gasteiger partial charge in [-0.2, -0.15) is 0 Å². The van der Waals surface area contributed by atoms with Crippen molar-refractivity contribution >= 4 is 38.6 Å². The molecular weight excluding hydrogens is 462 g/mol. The Labute approximate surface area is 198 Å². The number of anilines is 2. The summed E-state index contributed by atoms with van der Waals surface area (Å²) in [6.45, 7) is 4.00. The monoisotopic (exact) mass is 493 g/mol. The zero-order chi connectivity index (χ0) is 24.2. The van der Waals surface area contributed by atoms with Gasteiger partial charge >= 0.3 is 0 Å². The predicted molar refractivity (Wildman–Crippen MR) is 129 cm³/mol. The Hall–Kier alpha value is -3.29. The summed E-state index contributed by atoms with van der Waals surface area (Å²) in [5.74, 6) is -1.01. The number of hydrogen-bond acceptors (Lipinski definition) is 10. The van der Waals surface area contributed by atoms with Crippen LogP contribution in [0.1, 0.15) is 50.7 Å². The third-order valence-electron chi connectivity index (χ3n) is 5.03. The van der Waals surface area contributed by atoms with Crippen molar-refractivity contribution < 1.29 is 23.1 Å². The quantitative estimate of drug-likeness (QED) is 0.366. The van der Waals surface area contributed by atoms with Gasteiger partial charge in [0.1, 0.15) is 18.1 Å². The number of ether oxygens (including phenoxy) is 1. The summed E-state index contributed by atoms with van der Waals surface area (Å²) < 4.78 is 34.2. The highest BCUT2D eigenvalue weighted by Gasteiger charge is 2.36. The van der Waals surface area contributed by atoms with Crippen LogP contribution in [0, 0.1) is 0 Å². The highest BCUT2D eigenvalue weighted by atomic mass is 32.2. The molecule has 6 N–H and O–H groups in total. The minimum atomic E-state index is -3.97. The number of aliphatic hydroxyl groups is 1. The van der Waals surface area contributed by atoms with Crippen LogP contribution < -0.4 is 16.2 Å². The maximum absolute atomic E-state index is 12.4. The van der Waals surface area contributed by atoms with Crippen molar-refractivity contribution in [1.29, 1.82) is 0 Å². The second-order valence-corrected chi connectivity index (χ2v) is 8.98. The zero-order valence-corrected chi connectivity index (χ0v) is 19.1. The van der Waals surface area contributed by atoms with Crippen LogP contribution in [0.4, 0.5) is 11.5 Å². The Bertz CT molecular complexity index is 1230. The fourth-order valence-corrected chi connectivity index (χ4v) is 4.49. The van der Waals surface area contributed by atoms with Gasteiger partial charge in [-0.25, -0.2) is 28.1 Å². The van der Waals surface area contributed by atoms with E-state index in [1.807, 2.05) is 18.6 Å². The number of benzene rings is 1. The minimum Gasteiger partial charge on any atom is -0.398 e. The van der Waals surface area contributed by atoms with E-state index >= 15 is 0 Å². The van der Waals surface area contributed by atoms with Gasteiger partial charge in [0.05, 0.1) is 29.9 Å². The van der Waals surface area contributed by atoms with Gasteiger partial charge in [-0.1, -0.05) is 33.4 Å². The molecule has 1 saturated heterocycles. The van der Waals surface area contributed by atoms with Gasteiger partial charge in [-0.3, -0.25) is 9.36 Å². The molecule has 1 fully saturated rings. The zero-order valence-electron chi connectivity index (χ0n) is 18.2. The number of fused-ring (bicyclic) bond motifs is 1. The molecule has 3 atom stereocenters. The lowest BCUT2D eigenvalue weighted by atomic mass is 10.1. The lowest BCUT2D eigenvalue weighted by molar-refractivity contribution is -0.0179. The van der Waals surface area contributed by atoms with Crippen LogP contribution in [0.25, 0.3) is 11.2 Å². The third-order valence-corrected chi connectivity index (χ3v) is 6.30. The molecule has 1 aliphatic rings. The summed E-state index contributed by atoms with van der Waals surface area (Å²) in [4.78, 5) is 24.4. The van der Waals surface area contributed by atoms with Crippen LogP contribution >= 0.6 is 0 Å². The number of aromatic nitrogens is 4. The number of sulfonamides is 1. The van der Waals surface area contributed by atoms with Gasteiger partial charge in [0.2, 0.25) is 10.0 Å². The van der Waals surface area contributed by atoms with E-state index in [4.69, 9.17) is 16.2 Å². The highest BCUT2D eigenvalue weighted by molar-refractivity contribution is 7.90. The first-order valence-corrected chi connectivity index (χ1v) is 12.1. The average Bonchev–Trinajstić information content (AvgIpc) is 3.38. The molecule has 0 spiro atoms. The number of imidazole rings is 1. The number of nitrogen functional groups attached to an aromatic ring is 2. The summed E-state index contributed by atoms with van der Waals surface area (Å²) in [5.41, 5.74) is 12.6. The molecule has 3 aromatic rings. The van der Waals surface area contributed by atoms with Crippen molar-refractivity contribution in [2.45, 2.75) is 52.6 Å². The van der Waals surface area contributed by atoms with Gasteiger partial charge < -0.3 is 21.3 Å². The van der Waals surface area contributed by atoms with Gasteiger partial charge in [0.25, 0.3) is 5.91 Å². The molecule has 186 valence electrons. The van der Waals surface area contributed by atoms with E-state index in [1.165, 1.54) is 24.8 Å². The minimum absolute atomic E-state index is 0. The molecule has 12 nitrogen and oxygen atoms in total. The summed E-state index contributed by atoms with van der Waals surface area (Å²) in [7, 11) is -3.97. The molecule has 1 aliphatic heterocycles. The largest absolute Gasteiger partial charge is 0.398 e. The third kappa shape index (κ3) is 5.79. The van der Waals surface area contributed by atoms with E-state index in [0.717, 1.165) is 0 Å². The lowest BCUT2D eigenvalue weighted by Crippen LogP contribution is -2.35. The normalized spacial score (nSPS) is 19.7. The molecule has 1 amide bonds. The average molecular weight is 494 g/mol. The number of nitrogens with zero attached hydrogens (tertiary/aromatic N) is 4. The van der Waals surface area contributed by atoms with Gasteiger partial charge in [0, 0.05) is 12.1 Å². The van der Waals surface area contributed by atoms with E-state index in [0.29, 0.717) is 11.2 Å². The molecule has 3 heterocycles. The number of nitrogens with two attached hydrogens (primary N) is 2. The van der Waals surface area contributed by atoms with Gasteiger partial charge in [0.15, 0.2) is 11.5 Å². The Morgan fingerprint density at radius 1 is 1.24 bits per heavy atom. The fourth-order valence-electron chi connectivity index (χ4n) is 3.45. The van der Waals surface area contributed by atoms with Crippen molar-refractivity contribution in [1.82, 2.24) is 24.2 Å². The standard InChI is InChI=1S/C18H21N7O5S.C2H6.CH4/c19-11-4-2-1-3-10(11)18(27)24-31(28,29)6-5-13-12(26)7-14(30-13)25-9-23-15-16(20)21-8-22-17(15)25;1-2;/h1-4,8-9,12-14,26H,5-7,19H2,(H,24,27)(H2,20,21,22);1-2H3;1H4/t12-,13+,14+;;/m0../s1. The molecule has 0 aliphatic carbocycles. The van der Waals surface area contributed by atoms with Crippen LogP contribution in [0.2, 0.25) is 0 Å². The summed E-state index contributed by atoms with van der Waals surface area (Å²) >= 11 is 0. The first-order chi connectivity index (χ1) is 15.7. The van der Waals surface area contributed by atoms with Crippen LogP contribution in [0.15, 0.2) is 36.9 Å². The molecule has 0 saturated carbocycles. The summed E-state index contributed by atoms with van der Waals surface area (Å²) in [6, 6.07) is 6.15. The van der Waals surface area contributed by atoms with Crippen molar-refractivity contribution in [3.8, 4) is 0 Å². The molecule has 0 radical (unpaired) electrons. The van der Waals surface area contributed by atoms with E-state index in [9.17, 15) is 18.3 Å². The van der Waals surface area contributed by atoms with E-state index in [2.05, 4.69) is 15.0 Å². The first kappa shape index (κ1) is 27.0. The lowest BCUT2D eigenvalue weighted by Gasteiger charge is -2.16. The topological polar surface area (TPSA) is 188 Å². The van der Waals surface area contributed by atoms with Crippen LogP contribution in [-0.4, -0.2) is 56.9 Å². The highest BCUT2D eigenvalue weighted by Crippen LogP contribution is 2.32. The van der Waals surface area contributed by atoms with E-state index < -0.39 is 40.1 Å². The Morgan fingerprint density at radius 2 is 1.94 bits per heavy atom. The Kier molecular flexibility index (Phi) is 8.90. The molecular formula is C21H31N7O5S. The number of carbonyl (C=O) groups is 1. The molecule has 34 heavy (non-hydrogen) atoms. The van der Waals surface area contributed by atoms with Crippen molar-refractivity contribution in [3.05, 3.63) is 42.5 Å². The van der Waals surface area contributed by atoms with Crippen LogP contribution in [-0.2, 0) is 14.8 Å². The van der Waals surface area contributed by atoms with Crippen LogP contribution in [0.5, 0.6) is 0 Å². The molecule has 1 aromatic carbocycles. The number of amides is 1. The number of para-hydroxylation sites is 1. The van der Waals surface area contributed by atoms with Crippen molar-refractivity contribution in [2.24, 2.45) is 0 Å². The van der Waals surface area contributed by atoms with Crippen LogP contribution in [0.3, 0.4) is 0 Å². The Morgan fingerprint density at radius 3 is 2.65 bits per heavy atom. The molecule has 13 heteroatoms. The van der Waals surface area contributed by atoms with Gasteiger partial charge in [-0.15, -0.1) is 0 Å². The SMILES string of the molecule is C.CC.Nc1ccccc1C(=O)NS(=O)(=O)CC[C@H]1O[C@@H](n2cnc3c(N)ncnc32)C[C@@H]1O. The maximum atomic E-state index is 12.4.